The van der Waals surface area contributed by atoms with Gasteiger partial charge in [0.05, 0.1) is 10.6 Å². The highest BCUT2D eigenvalue weighted by molar-refractivity contribution is 7.92. The number of nitro benzene ring substituents is 1. The van der Waals surface area contributed by atoms with E-state index in [9.17, 15) is 18.5 Å². The second kappa shape index (κ2) is 4.86. The Bertz CT molecular complexity index is 710. The number of hydrogen-bond donors (Lipinski definition) is 2. The molecule has 1 heterocycles. The maximum Gasteiger partial charge on any atom is 0.291 e. The van der Waals surface area contributed by atoms with Gasteiger partial charge in [0.2, 0.25) is 0 Å². The lowest BCUT2D eigenvalue weighted by atomic mass is 10.3. The molecule has 100 valence electrons. The van der Waals surface area contributed by atoms with Crippen molar-refractivity contribution in [2.24, 2.45) is 0 Å². The first-order valence-electron chi connectivity index (χ1n) is 4.99. The molecule has 0 radical (unpaired) electrons. The lowest BCUT2D eigenvalue weighted by molar-refractivity contribution is -0.387. The first-order chi connectivity index (χ1) is 8.90. The summed E-state index contributed by atoms with van der Waals surface area (Å²) in [4.78, 5) is 9.69. The fourth-order valence-corrected chi connectivity index (χ4v) is 3.30. The van der Waals surface area contributed by atoms with Gasteiger partial charge in [-0.3, -0.25) is 14.8 Å². The summed E-state index contributed by atoms with van der Waals surface area (Å²) in [7, 11) is -4.02. The molecular weight excluding hydrogens is 290 g/mol. The molecule has 0 saturated carbocycles. The number of rotatable bonds is 4. The van der Waals surface area contributed by atoms with Crippen molar-refractivity contribution in [3.8, 4) is 0 Å². The van der Waals surface area contributed by atoms with Crippen molar-refractivity contribution >= 4 is 38.4 Å². The molecule has 19 heavy (non-hydrogen) atoms. The minimum absolute atomic E-state index is 0.126. The molecular formula is C10H9N3O4S2. The quantitative estimate of drug-likeness (QED) is 0.509. The van der Waals surface area contributed by atoms with Crippen LogP contribution in [0.2, 0.25) is 0 Å². The number of benzene rings is 1. The third-order valence-corrected chi connectivity index (χ3v) is 4.35. The molecule has 7 nitrogen and oxygen atoms in total. The highest BCUT2D eigenvalue weighted by Crippen LogP contribution is 2.28. The van der Waals surface area contributed by atoms with Gasteiger partial charge in [0.25, 0.3) is 15.7 Å². The molecule has 0 fully saturated rings. The maximum absolute atomic E-state index is 12.1. The summed E-state index contributed by atoms with van der Waals surface area (Å²) < 4.78 is 26.4. The van der Waals surface area contributed by atoms with Gasteiger partial charge in [-0.2, -0.15) is 11.3 Å². The number of thiophene rings is 1. The molecule has 0 spiro atoms. The Labute approximate surface area is 112 Å². The number of nitrogen functional groups attached to an aromatic ring is 1. The van der Waals surface area contributed by atoms with E-state index in [0.717, 1.165) is 12.1 Å². The largest absolute Gasteiger partial charge is 0.399 e. The van der Waals surface area contributed by atoms with Crippen LogP contribution in [0.4, 0.5) is 17.1 Å². The number of nitrogens with zero attached hydrogens (tertiary/aromatic N) is 1. The lowest BCUT2D eigenvalue weighted by Crippen LogP contribution is -2.14. The predicted molar refractivity (Wildman–Crippen MR) is 72.6 cm³/mol. The first-order valence-corrected chi connectivity index (χ1v) is 7.42. The van der Waals surface area contributed by atoms with Gasteiger partial charge in [0.15, 0.2) is 4.90 Å². The fraction of sp³-hybridized carbons (Fsp3) is 0. The van der Waals surface area contributed by atoms with Gasteiger partial charge in [0, 0.05) is 17.1 Å². The number of nitrogens with two attached hydrogens (primary N) is 1. The van der Waals surface area contributed by atoms with Crippen molar-refractivity contribution in [2.75, 3.05) is 10.5 Å². The summed E-state index contributed by atoms with van der Waals surface area (Å²) in [5, 5.41) is 14.2. The van der Waals surface area contributed by atoms with Gasteiger partial charge in [-0.05, 0) is 23.6 Å². The lowest BCUT2D eigenvalue weighted by Gasteiger charge is -2.07. The highest BCUT2D eigenvalue weighted by Gasteiger charge is 2.26. The van der Waals surface area contributed by atoms with E-state index >= 15 is 0 Å². The SMILES string of the molecule is Nc1ccc(S(=O)(=O)Nc2ccsc2)c([N+](=O)[O-])c1. The fourth-order valence-electron chi connectivity index (χ4n) is 1.44. The molecule has 9 heteroatoms. The zero-order chi connectivity index (χ0) is 14.0. The van der Waals surface area contributed by atoms with Gasteiger partial charge in [-0.1, -0.05) is 0 Å². The smallest absolute Gasteiger partial charge is 0.291 e. The number of hydrogen-bond acceptors (Lipinski definition) is 6. The predicted octanol–water partition coefficient (Wildman–Crippen LogP) is 2.04. The Morgan fingerprint density at radius 1 is 1.32 bits per heavy atom. The van der Waals surface area contributed by atoms with Crippen molar-refractivity contribution in [1.82, 2.24) is 0 Å². The van der Waals surface area contributed by atoms with Gasteiger partial charge in [-0.25, -0.2) is 8.42 Å². The van der Waals surface area contributed by atoms with E-state index in [1.807, 2.05) is 0 Å². The van der Waals surface area contributed by atoms with Crippen molar-refractivity contribution < 1.29 is 13.3 Å². The average Bonchev–Trinajstić information content (AvgIpc) is 2.80. The van der Waals surface area contributed by atoms with E-state index in [1.165, 1.54) is 17.4 Å². The van der Waals surface area contributed by atoms with Crippen LogP contribution in [0.25, 0.3) is 0 Å². The summed E-state index contributed by atoms with van der Waals surface area (Å²) in [5.41, 5.74) is 5.36. The van der Waals surface area contributed by atoms with Gasteiger partial charge in [-0.15, -0.1) is 0 Å². The molecule has 2 aromatic rings. The van der Waals surface area contributed by atoms with Crippen LogP contribution < -0.4 is 10.5 Å². The highest BCUT2D eigenvalue weighted by atomic mass is 32.2. The molecule has 1 aromatic heterocycles. The summed E-state index contributed by atoms with van der Waals surface area (Å²) in [6.07, 6.45) is 0. The van der Waals surface area contributed by atoms with E-state index in [2.05, 4.69) is 4.72 Å². The van der Waals surface area contributed by atoms with Crippen LogP contribution >= 0.6 is 11.3 Å². The van der Waals surface area contributed by atoms with Crippen molar-refractivity contribution in [3.63, 3.8) is 0 Å². The third-order valence-electron chi connectivity index (χ3n) is 2.24. The molecule has 0 aliphatic heterocycles. The molecule has 1 aromatic carbocycles. The number of anilines is 2. The Kier molecular flexibility index (Phi) is 3.40. The van der Waals surface area contributed by atoms with Crippen LogP contribution in [0.15, 0.2) is 39.9 Å². The monoisotopic (exact) mass is 299 g/mol. The molecule has 0 unspecified atom stereocenters. The van der Waals surface area contributed by atoms with Gasteiger partial charge in [0.1, 0.15) is 0 Å². The van der Waals surface area contributed by atoms with Gasteiger partial charge >= 0.3 is 0 Å². The van der Waals surface area contributed by atoms with Crippen LogP contribution in [-0.2, 0) is 10.0 Å². The van der Waals surface area contributed by atoms with Crippen LogP contribution in [-0.4, -0.2) is 13.3 Å². The molecule has 0 bridgehead atoms. The normalized spacial score (nSPS) is 11.2. The minimum Gasteiger partial charge on any atom is -0.399 e. The Hall–Kier alpha value is -2.13. The summed E-state index contributed by atoms with van der Waals surface area (Å²) >= 11 is 1.31. The maximum atomic E-state index is 12.1. The molecule has 0 atom stereocenters. The van der Waals surface area contributed by atoms with Crippen LogP contribution in [0.1, 0.15) is 0 Å². The second-order valence-corrected chi connectivity index (χ2v) is 6.03. The Balaban J connectivity index is 2.49. The molecule has 0 amide bonds. The van der Waals surface area contributed by atoms with Crippen LogP contribution in [0.3, 0.4) is 0 Å². The molecule has 0 saturated heterocycles. The topological polar surface area (TPSA) is 115 Å². The van der Waals surface area contributed by atoms with E-state index in [1.54, 1.807) is 16.8 Å². The number of nitro groups is 1. The van der Waals surface area contributed by atoms with E-state index < -0.39 is 25.5 Å². The van der Waals surface area contributed by atoms with Crippen LogP contribution in [0.5, 0.6) is 0 Å². The third kappa shape index (κ3) is 2.83. The standard InChI is InChI=1S/C10H9N3O4S2/c11-7-1-2-10(9(5-7)13(14)15)19(16,17)12-8-3-4-18-6-8/h1-6,12H,11H2. The molecule has 0 aliphatic carbocycles. The minimum atomic E-state index is -4.02. The zero-order valence-corrected chi connectivity index (χ0v) is 11.1. The first kappa shape index (κ1) is 13.3. The average molecular weight is 299 g/mol. The van der Waals surface area contributed by atoms with Crippen molar-refractivity contribution in [3.05, 3.63) is 45.1 Å². The van der Waals surface area contributed by atoms with Crippen LogP contribution in [0, 0.1) is 10.1 Å². The molecule has 3 N–H and O–H groups in total. The molecule has 0 aliphatic rings. The Morgan fingerprint density at radius 3 is 2.63 bits per heavy atom. The molecule has 2 rings (SSSR count). The number of nitrogens with one attached hydrogen (secondary N) is 1. The van der Waals surface area contributed by atoms with Gasteiger partial charge < -0.3 is 5.73 Å². The van der Waals surface area contributed by atoms with E-state index in [-0.39, 0.29) is 5.69 Å². The second-order valence-electron chi connectivity index (χ2n) is 3.60. The van der Waals surface area contributed by atoms with Crippen molar-refractivity contribution in [2.45, 2.75) is 4.90 Å². The number of sulfonamides is 1. The van der Waals surface area contributed by atoms with Crippen molar-refractivity contribution in [1.29, 1.82) is 0 Å². The van der Waals surface area contributed by atoms with E-state index in [4.69, 9.17) is 5.73 Å². The zero-order valence-electron chi connectivity index (χ0n) is 9.44. The summed E-state index contributed by atoms with van der Waals surface area (Å²) in [6, 6.07) is 4.99. The Morgan fingerprint density at radius 2 is 2.05 bits per heavy atom. The summed E-state index contributed by atoms with van der Waals surface area (Å²) in [6.45, 7) is 0. The van der Waals surface area contributed by atoms with E-state index in [0.29, 0.717) is 5.69 Å². The summed E-state index contributed by atoms with van der Waals surface area (Å²) in [5.74, 6) is 0.